The van der Waals surface area contributed by atoms with E-state index in [1.165, 1.54) is 6.20 Å². The van der Waals surface area contributed by atoms with Gasteiger partial charge in [0.15, 0.2) is 5.69 Å². The highest BCUT2D eigenvalue weighted by Crippen LogP contribution is 2.24. The maximum atomic E-state index is 11.3. The summed E-state index contributed by atoms with van der Waals surface area (Å²) in [6, 6.07) is 6.78. The molecule has 1 N–H and O–H groups in total. The zero-order valence-electron chi connectivity index (χ0n) is 10.6. The number of carboxylic acid groups (broad SMARTS) is 1. The molecule has 2 aromatic heterocycles. The van der Waals surface area contributed by atoms with E-state index in [1.54, 1.807) is 35.1 Å². The van der Waals surface area contributed by atoms with Gasteiger partial charge in [-0.1, -0.05) is 29.3 Å². The summed E-state index contributed by atoms with van der Waals surface area (Å²) in [5.74, 6) is -1.08. The van der Waals surface area contributed by atoms with Crippen molar-refractivity contribution in [3.63, 3.8) is 0 Å². The Balaban J connectivity index is 2.10. The lowest BCUT2D eigenvalue weighted by Gasteiger charge is -2.06. The standard InChI is InChI=1S/C14H9Cl2N3O2/c15-9-2-1-8(11(16)5-9)7-19-12-6-17-4-3-10(12)13(18-19)14(20)21/h1-6H,7H2,(H,20,21). The molecule has 21 heavy (non-hydrogen) atoms. The van der Waals surface area contributed by atoms with Crippen LogP contribution in [0.5, 0.6) is 0 Å². The van der Waals surface area contributed by atoms with Crippen LogP contribution in [0, 0.1) is 0 Å². The van der Waals surface area contributed by atoms with Crippen molar-refractivity contribution >= 4 is 40.1 Å². The van der Waals surface area contributed by atoms with Gasteiger partial charge >= 0.3 is 5.97 Å². The lowest BCUT2D eigenvalue weighted by molar-refractivity contribution is 0.0691. The molecule has 0 unspecified atom stereocenters. The molecule has 0 spiro atoms. The molecule has 0 radical (unpaired) electrons. The van der Waals surface area contributed by atoms with Gasteiger partial charge in [-0.05, 0) is 23.8 Å². The van der Waals surface area contributed by atoms with Crippen molar-refractivity contribution in [2.24, 2.45) is 0 Å². The predicted octanol–water partition coefficient (Wildman–Crippen LogP) is 3.48. The summed E-state index contributed by atoms with van der Waals surface area (Å²) < 4.78 is 1.57. The number of fused-ring (bicyclic) bond motifs is 1. The molecule has 3 aromatic rings. The van der Waals surface area contributed by atoms with Gasteiger partial charge in [-0.2, -0.15) is 5.10 Å². The molecule has 2 heterocycles. The summed E-state index contributed by atoms with van der Waals surface area (Å²) in [7, 11) is 0. The van der Waals surface area contributed by atoms with Gasteiger partial charge in [0, 0.05) is 21.6 Å². The van der Waals surface area contributed by atoms with Crippen LogP contribution < -0.4 is 0 Å². The van der Waals surface area contributed by atoms with Crippen molar-refractivity contribution in [2.75, 3.05) is 0 Å². The van der Waals surface area contributed by atoms with Crippen molar-refractivity contribution in [2.45, 2.75) is 6.54 Å². The molecule has 0 saturated carbocycles. The molecule has 0 bridgehead atoms. The zero-order chi connectivity index (χ0) is 15.0. The first-order valence-corrected chi connectivity index (χ1v) is 6.79. The number of pyridine rings is 1. The summed E-state index contributed by atoms with van der Waals surface area (Å²) >= 11 is 12.0. The third kappa shape index (κ3) is 2.57. The van der Waals surface area contributed by atoms with Gasteiger partial charge in [0.05, 0.1) is 18.3 Å². The van der Waals surface area contributed by atoms with Crippen molar-refractivity contribution in [3.8, 4) is 0 Å². The summed E-state index contributed by atoms with van der Waals surface area (Å²) in [6.45, 7) is 0.339. The topological polar surface area (TPSA) is 68.0 Å². The molecule has 5 nitrogen and oxygen atoms in total. The van der Waals surface area contributed by atoms with Crippen LogP contribution in [0.3, 0.4) is 0 Å². The second kappa shape index (κ2) is 5.35. The van der Waals surface area contributed by atoms with Gasteiger partial charge in [-0.3, -0.25) is 9.67 Å². The molecule has 0 amide bonds. The van der Waals surface area contributed by atoms with Crippen molar-refractivity contribution < 1.29 is 9.90 Å². The fourth-order valence-corrected chi connectivity index (χ4v) is 2.58. The molecule has 1 aromatic carbocycles. The highest BCUT2D eigenvalue weighted by molar-refractivity contribution is 6.35. The van der Waals surface area contributed by atoms with Crippen molar-refractivity contribution in [3.05, 3.63) is 58.0 Å². The van der Waals surface area contributed by atoms with Gasteiger partial charge in [-0.15, -0.1) is 0 Å². The lowest BCUT2D eigenvalue weighted by atomic mass is 10.2. The van der Waals surface area contributed by atoms with Crippen LogP contribution in [0.25, 0.3) is 10.9 Å². The third-order valence-corrected chi connectivity index (χ3v) is 3.68. The zero-order valence-corrected chi connectivity index (χ0v) is 12.1. The van der Waals surface area contributed by atoms with Crippen LogP contribution in [0.15, 0.2) is 36.7 Å². The van der Waals surface area contributed by atoms with E-state index in [0.29, 0.717) is 27.5 Å². The average molecular weight is 322 g/mol. The predicted molar refractivity (Wildman–Crippen MR) is 80.1 cm³/mol. The summed E-state index contributed by atoms with van der Waals surface area (Å²) in [4.78, 5) is 15.3. The number of carbonyl (C=O) groups is 1. The van der Waals surface area contributed by atoms with E-state index in [0.717, 1.165) is 5.56 Å². The molecule has 0 saturated heterocycles. The molecule has 0 aliphatic rings. The number of halogens is 2. The Hall–Kier alpha value is -2.11. The molecule has 0 fully saturated rings. The number of benzene rings is 1. The molecule has 0 aliphatic heterocycles. The van der Waals surface area contributed by atoms with E-state index in [1.807, 2.05) is 0 Å². The Morgan fingerprint density at radius 2 is 2.10 bits per heavy atom. The third-order valence-electron chi connectivity index (χ3n) is 3.09. The van der Waals surface area contributed by atoms with E-state index in [9.17, 15) is 9.90 Å². The van der Waals surface area contributed by atoms with Gasteiger partial charge in [0.25, 0.3) is 0 Å². The number of aromatic carboxylic acids is 1. The molecule has 3 rings (SSSR count). The Morgan fingerprint density at radius 3 is 2.81 bits per heavy atom. The van der Waals surface area contributed by atoms with E-state index in [-0.39, 0.29) is 5.69 Å². The number of hydrogen-bond acceptors (Lipinski definition) is 3. The Bertz CT molecular complexity index is 845. The molecule has 0 atom stereocenters. The Kier molecular flexibility index (Phi) is 3.53. The number of aromatic nitrogens is 3. The van der Waals surface area contributed by atoms with Crippen LogP contribution in [0.2, 0.25) is 10.0 Å². The fraction of sp³-hybridized carbons (Fsp3) is 0.0714. The largest absolute Gasteiger partial charge is 0.476 e. The first-order chi connectivity index (χ1) is 10.1. The van der Waals surface area contributed by atoms with E-state index in [2.05, 4.69) is 10.1 Å². The highest BCUT2D eigenvalue weighted by atomic mass is 35.5. The van der Waals surface area contributed by atoms with E-state index >= 15 is 0 Å². The maximum Gasteiger partial charge on any atom is 0.357 e. The summed E-state index contributed by atoms with van der Waals surface area (Å²) in [5.41, 5.74) is 1.43. The molecular weight excluding hydrogens is 313 g/mol. The summed E-state index contributed by atoms with van der Waals surface area (Å²) in [5, 5.41) is 14.9. The van der Waals surface area contributed by atoms with Crippen LogP contribution in [-0.4, -0.2) is 25.8 Å². The summed E-state index contributed by atoms with van der Waals surface area (Å²) in [6.07, 6.45) is 3.12. The maximum absolute atomic E-state index is 11.3. The number of nitrogens with zero attached hydrogens (tertiary/aromatic N) is 3. The first kappa shape index (κ1) is 13.9. The van der Waals surface area contributed by atoms with Crippen LogP contribution in [-0.2, 0) is 6.54 Å². The SMILES string of the molecule is O=C(O)c1nn(Cc2ccc(Cl)cc2Cl)c2cnccc12. The lowest BCUT2D eigenvalue weighted by Crippen LogP contribution is -2.05. The normalized spacial score (nSPS) is 11.0. The second-order valence-electron chi connectivity index (χ2n) is 4.44. The van der Waals surface area contributed by atoms with Gasteiger partial charge < -0.3 is 5.11 Å². The smallest absolute Gasteiger partial charge is 0.357 e. The fourth-order valence-electron chi connectivity index (χ4n) is 2.11. The van der Waals surface area contributed by atoms with Gasteiger partial charge in [0.1, 0.15) is 0 Å². The number of rotatable bonds is 3. The molecule has 0 aliphatic carbocycles. The van der Waals surface area contributed by atoms with E-state index < -0.39 is 5.97 Å². The first-order valence-electron chi connectivity index (χ1n) is 6.04. The minimum absolute atomic E-state index is 0.00233. The minimum Gasteiger partial charge on any atom is -0.476 e. The quantitative estimate of drug-likeness (QED) is 0.801. The Labute approximate surface area is 129 Å². The van der Waals surface area contributed by atoms with Crippen LogP contribution in [0.4, 0.5) is 0 Å². The molecule has 106 valence electrons. The van der Waals surface area contributed by atoms with Crippen molar-refractivity contribution in [1.82, 2.24) is 14.8 Å². The van der Waals surface area contributed by atoms with E-state index in [4.69, 9.17) is 23.2 Å². The average Bonchev–Trinajstić information content (AvgIpc) is 2.81. The molecular formula is C14H9Cl2N3O2. The van der Waals surface area contributed by atoms with Gasteiger partial charge in [0.2, 0.25) is 0 Å². The highest BCUT2D eigenvalue weighted by Gasteiger charge is 2.16. The second-order valence-corrected chi connectivity index (χ2v) is 5.28. The van der Waals surface area contributed by atoms with Crippen LogP contribution in [0.1, 0.15) is 16.1 Å². The Morgan fingerprint density at radius 1 is 1.29 bits per heavy atom. The number of hydrogen-bond donors (Lipinski definition) is 1. The number of carboxylic acids is 1. The monoisotopic (exact) mass is 321 g/mol. The minimum atomic E-state index is -1.08. The van der Waals surface area contributed by atoms with Gasteiger partial charge in [-0.25, -0.2) is 4.79 Å². The molecule has 7 heteroatoms. The van der Waals surface area contributed by atoms with Crippen molar-refractivity contribution in [1.29, 1.82) is 0 Å². The van der Waals surface area contributed by atoms with Crippen LogP contribution >= 0.6 is 23.2 Å².